The molecule has 3 nitrogen and oxygen atoms in total. The lowest BCUT2D eigenvalue weighted by Gasteiger charge is -2.07. The minimum atomic E-state index is 0.584. The summed E-state index contributed by atoms with van der Waals surface area (Å²) >= 11 is 0. The monoisotopic (exact) mass is 194 g/mol. The molecular weight excluding hydrogens is 176 g/mol. The minimum absolute atomic E-state index is 0.584. The van der Waals surface area contributed by atoms with E-state index in [-0.39, 0.29) is 0 Å². The first-order chi connectivity index (χ1) is 6.70. The average Bonchev–Trinajstić information content (AvgIpc) is 2.15. The molecule has 0 aliphatic heterocycles. The zero-order chi connectivity index (χ0) is 10.4. The smallest absolute Gasteiger partial charge is 0.0507 e. The van der Waals surface area contributed by atoms with Crippen molar-refractivity contribution < 1.29 is 4.74 Å². The molecule has 0 aliphatic carbocycles. The van der Waals surface area contributed by atoms with Gasteiger partial charge < -0.3 is 10.5 Å². The predicted octanol–water partition coefficient (Wildman–Crippen LogP) is 1.88. The van der Waals surface area contributed by atoms with Gasteiger partial charge in [-0.05, 0) is 24.0 Å². The van der Waals surface area contributed by atoms with Crippen molar-refractivity contribution in [2.75, 3.05) is 18.9 Å². The van der Waals surface area contributed by atoms with Gasteiger partial charge in [-0.15, -0.1) is 0 Å². The molecule has 0 spiro atoms. The van der Waals surface area contributed by atoms with Crippen LogP contribution in [-0.4, -0.2) is 18.2 Å². The van der Waals surface area contributed by atoms with E-state index in [9.17, 15) is 0 Å². The molecule has 2 N–H and O–H groups in total. The van der Waals surface area contributed by atoms with Gasteiger partial charge in [0.1, 0.15) is 0 Å². The summed E-state index contributed by atoms with van der Waals surface area (Å²) in [5.74, 6) is 0.584. The summed E-state index contributed by atoms with van der Waals surface area (Å²) in [7, 11) is 0. The quantitative estimate of drug-likeness (QED) is 0.728. The maximum atomic E-state index is 5.77. The molecular formula is C11H18N2O. The van der Waals surface area contributed by atoms with Crippen molar-refractivity contribution in [1.29, 1.82) is 0 Å². The molecule has 0 aliphatic rings. The highest BCUT2D eigenvalue weighted by atomic mass is 16.5. The fourth-order valence-electron chi connectivity index (χ4n) is 1.15. The fraction of sp³-hybridized carbons (Fsp3) is 0.545. The Morgan fingerprint density at radius 3 is 2.93 bits per heavy atom. The van der Waals surface area contributed by atoms with Crippen LogP contribution in [0.25, 0.3) is 0 Å². The number of nitrogen functional groups attached to an aromatic ring is 1. The largest absolute Gasteiger partial charge is 0.398 e. The minimum Gasteiger partial charge on any atom is -0.398 e. The first-order valence-electron chi connectivity index (χ1n) is 4.96. The first kappa shape index (κ1) is 11.0. The van der Waals surface area contributed by atoms with Gasteiger partial charge in [0.15, 0.2) is 0 Å². The Morgan fingerprint density at radius 1 is 1.50 bits per heavy atom. The van der Waals surface area contributed by atoms with E-state index in [2.05, 4.69) is 18.8 Å². The highest BCUT2D eigenvalue weighted by Gasteiger charge is 1.99. The molecule has 0 radical (unpaired) electrons. The Kier molecular flexibility index (Phi) is 4.40. The summed E-state index contributed by atoms with van der Waals surface area (Å²) in [5, 5.41) is 0. The SMILES string of the molecule is CC(C)COCCc1cnccc1N. The number of pyridine rings is 1. The van der Waals surface area contributed by atoms with Crippen molar-refractivity contribution in [2.45, 2.75) is 20.3 Å². The zero-order valence-corrected chi connectivity index (χ0v) is 8.86. The highest BCUT2D eigenvalue weighted by Crippen LogP contribution is 2.09. The molecule has 0 bridgehead atoms. The number of anilines is 1. The molecule has 0 aromatic carbocycles. The highest BCUT2D eigenvalue weighted by molar-refractivity contribution is 5.44. The lowest BCUT2D eigenvalue weighted by molar-refractivity contribution is 0.112. The van der Waals surface area contributed by atoms with E-state index in [1.54, 1.807) is 12.4 Å². The van der Waals surface area contributed by atoms with Gasteiger partial charge in [-0.3, -0.25) is 4.98 Å². The van der Waals surface area contributed by atoms with Crippen LogP contribution in [0.4, 0.5) is 5.69 Å². The van der Waals surface area contributed by atoms with Crippen LogP contribution in [0.15, 0.2) is 18.5 Å². The van der Waals surface area contributed by atoms with E-state index in [1.165, 1.54) is 0 Å². The second-order valence-corrected chi connectivity index (χ2v) is 3.79. The normalized spacial score (nSPS) is 10.8. The van der Waals surface area contributed by atoms with Crippen LogP contribution in [0, 0.1) is 5.92 Å². The van der Waals surface area contributed by atoms with Crippen molar-refractivity contribution in [3.05, 3.63) is 24.0 Å². The Morgan fingerprint density at radius 2 is 2.29 bits per heavy atom. The van der Waals surface area contributed by atoms with E-state index in [0.29, 0.717) is 12.5 Å². The van der Waals surface area contributed by atoms with Crippen molar-refractivity contribution in [3.8, 4) is 0 Å². The third-order valence-electron chi connectivity index (χ3n) is 1.91. The second kappa shape index (κ2) is 5.60. The molecule has 1 aromatic rings. The first-order valence-corrected chi connectivity index (χ1v) is 4.96. The van der Waals surface area contributed by atoms with Crippen molar-refractivity contribution >= 4 is 5.69 Å². The molecule has 0 fully saturated rings. The van der Waals surface area contributed by atoms with Crippen LogP contribution in [-0.2, 0) is 11.2 Å². The third kappa shape index (κ3) is 3.75. The molecule has 1 heterocycles. The average molecular weight is 194 g/mol. The summed E-state index contributed by atoms with van der Waals surface area (Å²) in [5.41, 5.74) is 7.63. The number of hydrogen-bond donors (Lipinski definition) is 1. The molecule has 0 saturated carbocycles. The predicted molar refractivity (Wildman–Crippen MR) is 58.0 cm³/mol. The summed E-state index contributed by atoms with van der Waals surface area (Å²) in [4.78, 5) is 4.02. The molecule has 0 atom stereocenters. The Bertz CT molecular complexity index is 274. The van der Waals surface area contributed by atoms with E-state index in [1.807, 2.05) is 6.07 Å². The number of aromatic nitrogens is 1. The summed E-state index contributed by atoms with van der Waals surface area (Å²) < 4.78 is 5.47. The van der Waals surface area contributed by atoms with Gasteiger partial charge >= 0.3 is 0 Å². The molecule has 1 aromatic heterocycles. The Labute approximate surface area is 85.3 Å². The molecule has 0 saturated heterocycles. The number of ether oxygens (including phenoxy) is 1. The van der Waals surface area contributed by atoms with Gasteiger partial charge in [0.25, 0.3) is 0 Å². The van der Waals surface area contributed by atoms with Crippen LogP contribution in [0.1, 0.15) is 19.4 Å². The zero-order valence-electron chi connectivity index (χ0n) is 8.86. The molecule has 0 unspecified atom stereocenters. The lowest BCUT2D eigenvalue weighted by atomic mass is 10.2. The van der Waals surface area contributed by atoms with Gasteiger partial charge in [-0.2, -0.15) is 0 Å². The molecule has 1 rings (SSSR count). The van der Waals surface area contributed by atoms with Crippen LogP contribution in [0.2, 0.25) is 0 Å². The van der Waals surface area contributed by atoms with E-state index in [4.69, 9.17) is 10.5 Å². The van der Waals surface area contributed by atoms with Gasteiger partial charge in [0.05, 0.1) is 6.61 Å². The topological polar surface area (TPSA) is 48.1 Å². The molecule has 0 amide bonds. The maximum Gasteiger partial charge on any atom is 0.0507 e. The van der Waals surface area contributed by atoms with E-state index >= 15 is 0 Å². The standard InChI is InChI=1S/C11H18N2O/c1-9(2)8-14-6-4-10-7-13-5-3-11(10)12/h3,5,7,9H,4,6,8H2,1-2H3,(H2,12,13). The molecule has 3 heteroatoms. The van der Waals surface area contributed by atoms with Gasteiger partial charge in [0.2, 0.25) is 0 Å². The Balaban J connectivity index is 2.28. The van der Waals surface area contributed by atoms with Crippen LogP contribution in [0.5, 0.6) is 0 Å². The van der Waals surface area contributed by atoms with Crippen molar-refractivity contribution in [1.82, 2.24) is 4.98 Å². The Hall–Kier alpha value is -1.09. The second-order valence-electron chi connectivity index (χ2n) is 3.79. The third-order valence-corrected chi connectivity index (χ3v) is 1.91. The molecule has 14 heavy (non-hydrogen) atoms. The van der Waals surface area contributed by atoms with E-state index in [0.717, 1.165) is 24.3 Å². The van der Waals surface area contributed by atoms with Crippen molar-refractivity contribution in [2.24, 2.45) is 5.92 Å². The van der Waals surface area contributed by atoms with Crippen molar-refractivity contribution in [3.63, 3.8) is 0 Å². The number of hydrogen-bond acceptors (Lipinski definition) is 3. The van der Waals surface area contributed by atoms with Gasteiger partial charge in [-0.1, -0.05) is 13.8 Å². The number of rotatable bonds is 5. The van der Waals surface area contributed by atoms with E-state index < -0.39 is 0 Å². The fourth-order valence-corrected chi connectivity index (χ4v) is 1.15. The summed E-state index contributed by atoms with van der Waals surface area (Å²) in [6.45, 7) is 5.80. The molecule has 78 valence electrons. The van der Waals surface area contributed by atoms with Gasteiger partial charge in [-0.25, -0.2) is 0 Å². The lowest BCUT2D eigenvalue weighted by Crippen LogP contribution is -2.06. The maximum absolute atomic E-state index is 5.77. The summed E-state index contributed by atoms with van der Waals surface area (Å²) in [6.07, 6.45) is 4.34. The number of nitrogens with zero attached hydrogens (tertiary/aromatic N) is 1. The van der Waals surface area contributed by atoms with Gasteiger partial charge in [0, 0.05) is 24.7 Å². The van der Waals surface area contributed by atoms with Crippen LogP contribution < -0.4 is 5.73 Å². The summed E-state index contributed by atoms with van der Waals surface area (Å²) in [6, 6.07) is 1.82. The number of nitrogens with two attached hydrogens (primary N) is 1. The van der Waals surface area contributed by atoms with Crippen LogP contribution >= 0.6 is 0 Å². The van der Waals surface area contributed by atoms with Crippen LogP contribution in [0.3, 0.4) is 0 Å².